The molecular weight excluding hydrogens is 214 g/mol. The number of benzene rings is 1. The Balaban J connectivity index is 1.85. The van der Waals surface area contributed by atoms with E-state index in [1.54, 1.807) is 12.1 Å². The van der Waals surface area contributed by atoms with Crippen LogP contribution < -0.4 is 10.1 Å². The second-order valence-corrected chi connectivity index (χ2v) is 4.63. The van der Waals surface area contributed by atoms with E-state index in [2.05, 4.69) is 12.2 Å². The molecule has 94 valence electrons. The summed E-state index contributed by atoms with van der Waals surface area (Å²) in [5, 5.41) is 12.8. The molecule has 3 heteroatoms. The Kier molecular flexibility index (Phi) is 4.26. The molecule has 0 amide bonds. The van der Waals surface area contributed by atoms with Crippen LogP contribution in [-0.4, -0.2) is 24.3 Å². The zero-order valence-corrected chi connectivity index (χ0v) is 10.4. The first kappa shape index (κ1) is 12.2. The number of phenolic OH excluding ortho intramolecular Hbond substituents is 1. The molecule has 0 aromatic heterocycles. The van der Waals surface area contributed by atoms with Gasteiger partial charge in [-0.3, -0.25) is 0 Å². The van der Waals surface area contributed by atoms with Crippen molar-refractivity contribution in [3.63, 3.8) is 0 Å². The Hall–Kier alpha value is -1.22. The minimum absolute atomic E-state index is 0.237. The van der Waals surface area contributed by atoms with E-state index in [1.807, 2.05) is 6.07 Å². The molecule has 0 bridgehead atoms. The summed E-state index contributed by atoms with van der Waals surface area (Å²) >= 11 is 0. The maximum absolute atomic E-state index is 9.42. The minimum Gasteiger partial charge on any atom is -0.508 e. The van der Waals surface area contributed by atoms with E-state index in [9.17, 15) is 5.11 Å². The van der Waals surface area contributed by atoms with Crippen LogP contribution in [0.5, 0.6) is 11.5 Å². The Morgan fingerprint density at radius 2 is 2.35 bits per heavy atom. The fourth-order valence-corrected chi connectivity index (χ4v) is 2.12. The smallest absolute Gasteiger partial charge is 0.126 e. The quantitative estimate of drug-likeness (QED) is 0.770. The SMILES string of the molecule is CCCCNC[C@H]1CCc2ccc(O)cc2O1. The maximum atomic E-state index is 9.42. The summed E-state index contributed by atoms with van der Waals surface area (Å²) in [4.78, 5) is 0. The van der Waals surface area contributed by atoms with Crippen LogP contribution in [0, 0.1) is 0 Å². The molecule has 0 saturated heterocycles. The number of hydrogen-bond donors (Lipinski definition) is 2. The molecule has 17 heavy (non-hydrogen) atoms. The molecule has 1 aromatic carbocycles. The Bertz CT molecular complexity index is 365. The lowest BCUT2D eigenvalue weighted by atomic mass is 10.0. The van der Waals surface area contributed by atoms with E-state index < -0.39 is 0 Å². The summed E-state index contributed by atoms with van der Waals surface area (Å²) in [6, 6.07) is 5.39. The number of fused-ring (bicyclic) bond motifs is 1. The summed E-state index contributed by atoms with van der Waals surface area (Å²) < 4.78 is 5.87. The molecule has 0 saturated carbocycles. The van der Waals surface area contributed by atoms with Gasteiger partial charge in [0, 0.05) is 12.6 Å². The van der Waals surface area contributed by atoms with E-state index in [0.717, 1.165) is 31.7 Å². The zero-order chi connectivity index (χ0) is 12.1. The van der Waals surface area contributed by atoms with Gasteiger partial charge in [-0.25, -0.2) is 0 Å². The molecule has 3 nitrogen and oxygen atoms in total. The summed E-state index contributed by atoms with van der Waals surface area (Å²) in [6.45, 7) is 4.15. The van der Waals surface area contributed by atoms with Gasteiger partial charge in [-0.05, 0) is 37.4 Å². The topological polar surface area (TPSA) is 41.5 Å². The van der Waals surface area contributed by atoms with E-state index in [-0.39, 0.29) is 11.9 Å². The van der Waals surface area contributed by atoms with Crippen molar-refractivity contribution in [1.82, 2.24) is 5.32 Å². The van der Waals surface area contributed by atoms with Gasteiger partial charge in [-0.2, -0.15) is 0 Å². The number of ether oxygens (including phenoxy) is 1. The first-order valence-corrected chi connectivity index (χ1v) is 6.49. The van der Waals surface area contributed by atoms with E-state index in [1.165, 1.54) is 18.4 Å². The van der Waals surface area contributed by atoms with Crippen LogP contribution in [-0.2, 0) is 6.42 Å². The molecule has 0 radical (unpaired) electrons. The second kappa shape index (κ2) is 5.92. The summed E-state index contributed by atoms with van der Waals surface area (Å²) in [6.07, 6.45) is 4.76. The number of aryl methyl sites for hydroxylation is 1. The standard InChI is InChI=1S/C14H21NO2/c1-2-3-8-15-10-13-7-5-11-4-6-12(16)9-14(11)17-13/h4,6,9,13,15-16H,2-3,5,7-8,10H2,1H3/t13-/m1/s1. The van der Waals surface area contributed by atoms with Crippen molar-refractivity contribution in [2.45, 2.75) is 38.7 Å². The number of phenols is 1. The highest BCUT2D eigenvalue weighted by atomic mass is 16.5. The van der Waals surface area contributed by atoms with Crippen molar-refractivity contribution in [3.05, 3.63) is 23.8 Å². The van der Waals surface area contributed by atoms with Gasteiger partial charge in [0.15, 0.2) is 0 Å². The average molecular weight is 235 g/mol. The van der Waals surface area contributed by atoms with Crippen LogP contribution in [0.15, 0.2) is 18.2 Å². The van der Waals surface area contributed by atoms with Gasteiger partial charge in [0.25, 0.3) is 0 Å². The molecule has 2 rings (SSSR count). The summed E-state index contributed by atoms with van der Waals surface area (Å²) in [7, 11) is 0. The van der Waals surface area contributed by atoms with Crippen molar-refractivity contribution < 1.29 is 9.84 Å². The number of unbranched alkanes of at least 4 members (excludes halogenated alkanes) is 1. The summed E-state index contributed by atoms with van der Waals surface area (Å²) in [5.41, 5.74) is 1.20. The monoisotopic (exact) mass is 235 g/mol. The molecule has 0 aliphatic carbocycles. The molecule has 2 N–H and O–H groups in total. The number of rotatable bonds is 5. The highest BCUT2D eigenvalue weighted by Crippen LogP contribution is 2.30. The van der Waals surface area contributed by atoms with Gasteiger partial charge in [0.2, 0.25) is 0 Å². The van der Waals surface area contributed by atoms with E-state index in [0.29, 0.717) is 0 Å². The van der Waals surface area contributed by atoms with Gasteiger partial charge < -0.3 is 15.2 Å². The first-order valence-electron chi connectivity index (χ1n) is 6.49. The highest BCUT2D eigenvalue weighted by molar-refractivity contribution is 5.41. The third kappa shape index (κ3) is 3.37. The molecule has 1 aliphatic rings. The van der Waals surface area contributed by atoms with Crippen LogP contribution in [0.2, 0.25) is 0 Å². The maximum Gasteiger partial charge on any atom is 0.126 e. The molecule has 1 aliphatic heterocycles. The molecule has 0 fully saturated rings. The van der Waals surface area contributed by atoms with Gasteiger partial charge in [0.05, 0.1) is 0 Å². The van der Waals surface area contributed by atoms with Crippen molar-refractivity contribution >= 4 is 0 Å². The molecule has 0 unspecified atom stereocenters. The lowest BCUT2D eigenvalue weighted by Crippen LogP contribution is -2.34. The van der Waals surface area contributed by atoms with Crippen LogP contribution >= 0.6 is 0 Å². The van der Waals surface area contributed by atoms with Crippen LogP contribution in [0.25, 0.3) is 0 Å². The normalized spacial score (nSPS) is 18.5. The lowest BCUT2D eigenvalue weighted by molar-refractivity contribution is 0.170. The van der Waals surface area contributed by atoms with Gasteiger partial charge in [0.1, 0.15) is 17.6 Å². The van der Waals surface area contributed by atoms with Crippen molar-refractivity contribution in [1.29, 1.82) is 0 Å². The second-order valence-electron chi connectivity index (χ2n) is 4.63. The Morgan fingerprint density at radius 1 is 1.47 bits per heavy atom. The minimum atomic E-state index is 0.237. The van der Waals surface area contributed by atoms with E-state index in [4.69, 9.17) is 4.74 Å². The Labute approximate surface area is 103 Å². The number of hydrogen-bond acceptors (Lipinski definition) is 3. The van der Waals surface area contributed by atoms with Crippen molar-refractivity contribution in [2.24, 2.45) is 0 Å². The van der Waals surface area contributed by atoms with Crippen LogP contribution in [0.4, 0.5) is 0 Å². The Morgan fingerprint density at radius 3 is 3.18 bits per heavy atom. The fraction of sp³-hybridized carbons (Fsp3) is 0.571. The highest BCUT2D eigenvalue weighted by Gasteiger charge is 2.19. The average Bonchev–Trinajstić information content (AvgIpc) is 2.34. The molecular formula is C14H21NO2. The number of nitrogens with one attached hydrogen (secondary N) is 1. The van der Waals surface area contributed by atoms with Crippen molar-refractivity contribution in [2.75, 3.05) is 13.1 Å². The molecule has 1 atom stereocenters. The summed E-state index contributed by atoms with van der Waals surface area (Å²) in [5.74, 6) is 1.13. The molecule has 1 aromatic rings. The lowest BCUT2D eigenvalue weighted by Gasteiger charge is -2.26. The largest absolute Gasteiger partial charge is 0.508 e. The van der Waals surface area contributed by atoms with E-state index >= 15 is 0 Å². The third-order valence-corrected chi connectivity index (χ3v) is 3.16. The van der Waals surface area contributed by atoms with Crippen LogP contribution in [0.3, 0.4) is 0 Å². The zero-order valence-electron chi connectivity index (χ0n) is 10.4. The van der Waals surface area contributed by atoms with Gasteiger partial charge >= 0.3 is 0 Å². The van der Waals surface area contributed by atoms with Crippen LogP contribution in [0.1, 0.15) is 31.7 Å². The van der Waals surface area contributed by atoms with Gasteiger partial charge in [-0.15, -0.1) is 0 Å². The molecule has 0 spiro atoms. The third-order valence-electron chi connectivity index (χ3n) is 3.16. The molecule has 1 heterocycles. The predicted octanol–water partition coefficient (Wildman–Crippen LogP) is 2.48. The van der Waals surface area contributed by atoms with Gasteiger partial charge in [-0.1, -0.05) is 19.4 Å². The first-order chi connectivity index (χ1) is 8.29. The fourth-order valence-electron chi connectivity index (χ4n) is 2.12. The predicted molar refractivity (Wildman–Crippen MR) is 68.6 cm³/mol. The van der Waals surface area contributed by atoms with Crippen molar-refractivity contribution in [3.8, 4) is 11.5 Å². The number of aromatic hydroxyl groups is 1.